The lowest BCUT2D eigenvalue weighted by atomic mass is 10.1. The highest BCUT2D eigenvalue weighted by Gasteiger charge is 2.42. The van der Waals surface area contributed by atoms with Crippen LogP contribution in [0.2, 0.25) is 0 Å². The Labute approximate surface area is 180 Å². The molecule has 1 amide bonds. The van der Waals surface area contributed by atoms with Crippen molar-refractivity contribution in [2.24, 2.45) is 0 Å². The molecule has 0 aliphatic carbocycles. The van der Waals surface area contributed by atoms with Crippen LogP contribution in [0, 0.1) is 0 Å². The van der Waals surface area contributed by atoms with Crippen molar-refractivity contribution in [3.63, 3.8) is 0 Å². The van der Waals surface area contributed by atoms with Gasteiger partial charge in [0, 0.05) is 30.9 Å². The molecule has 0 unspecified atom stereocenters. The molecule has 2 fully saturated rings. The van der Waals surface area contributed by atoms with E-state index in [2.05, 4.69) is 19.9 Å². The summed E-state index contributed by atoms with van der Waals surface area (Å²) in [5.74, 6) is -0.467. The summed E-state index contributed by atoms with van der Waals surface area (Å²) in [7, 11) is 0. The number of hydrogen-bond acceptors (Lipinski definition) is 10. The molecule has 0 bridgehead atoms. The molecule has 0 aromatic carbocycles. The molecule has 0 saturated carbocycles. The van der Waals surface area contributed by atoms with E-state index in [1.165, 1.54) is 6.07 Å². The minimum absolute atomic E-state index is 0.159. The zero-order valence-electron chi connectivity index (χ0n) is 16.9. The molecule has 2 aromatic heterocycles. The number of aliphatic hydroxyl groups is 1. The van der Waals surface area contributed by atoms with Crippen LogP contribution in [-0.4, -0.2) is 76.2 Å². The molecule has 2 aliphatic heterocycles. The van der Waals surface area contributed by atoms with Gasteiger partial charge in [-0.2, -0.15) is 18.2 Å². The van der Waals surface area contributed by atoms with Gasteiger partial charge in [-0.25, -0.2) is 24.6 Å². The van der Waals surface area contributed by atoms with Gasteiger partial charge < -0.3 is 25.2 Å². The van der Waals surface area contributed by atoms with Gasteiger partial charge in [-0.05, 0) is 6.92 Å². The van der Waals surface area contributed by atoms with Gasteiger partial charge in [0.05, 0.1) is 25.5 Å². The normalized spacial score (nSPS) is 21.7. The highest BCUT2D eigenvalue weighted by molar-refractivity contribution is 5.89. The predicted molar refractivity (Wildman–Crippen MR) is 105 cm³/mol. The molecule has 4 rings (SSSR count). The number of ether oxygens (including phenoxy) is 2. The average Bonchev–Trinajstić information content (AvgIpc) is 3.06. The monoisotopic (exact) mass is 455 g/mol. The SMILES string of the molecule is C[C@H]1OC(=O)N(c2nc(-c3cnc(N)nc3C(F)(F)F)cc(N3CCOCC3)n2)[C@H]1CO. The second-order valence-electron chi connectivity index (χ2n) is 7.21. The lowest BCUT2D eigenvalue weighted by Crippen LogP contribution is -2.41. The van der Waals surface area contributed by atoms with Crippen molar-refractivity contribution in [1.29, 1.82) is 0 Å². The molecule has 2 saturated heterocycles. The number of nitrogens with two attached hydrogens (primary N) is 1. The van der Waals surface area contributed by atoms with E-state index in [9.17, 15) is 23.1 Å². The maximum Gasteiger partial charge on any atom is 0.434 e. The van der Waals surface area contributed by atoms with Crippen LogP contribution >= 0.6 is 0 Å². The number of hydrogen-bond donors (Lipinski definition) is 2. The number of halogens is 3. The Morgan fingerprint density at radius 3 is 2.62 bits per heavy atom. The van der Waals surface area contributed by atoms with E-state index in [1.807, 2.05) is 0 Å². The Bertz CT molecular complexity index is 1020. The van der Waals surface area contributed by atoms with Crippen LogP contribution in [0.1, 0.15) is 12.6 Å². The van der Waals surface area contributed by atoms with Gasteiger partial charge in [0.25, 0.3) is 0 Å². The van der Waals surface area contributed by atoms with Crippen molar-refractivity contribution in [3.8, 4) is 11.3 Å². The van der Waals surface area contributed by atoms with Crippen molar-refractivity contribution < 1.29 is 32.5 Å². The maximum atomic E-state index is 13.7. The van der Waals surface area contributed by atoms with E-state index in [4.69, 9.17) is 15.2 Å². The minimum Gasteiger partial charge on any atom is -0.444 e. The van der Waals surface area contributed by atoms with E-state index in [0.717, 1.165) is 11.1 Å². The van der Waals surface area contributed by atoms with E-state index >= 15 is 0 Å². The third-order valence-electron chi connectivity index (χ3n) is 5.15. The summed E-state index contributed by atoms with van der Waals surface area (Å²) in [6, 6.07) is 0.553. The van der Waals surface area contributed by atoms with Gasteiger partial charge in [0.15, 0.2) is 5.69 Å². The molecular formula is C18H20F3N7O4. The van der Waals surface area contributed by atoms with Crippen LogP contribution < -0.4 is 15.5 Å². The van der Waals surface area contributed by atoms with Gasteiger partial charge in [-0.15, -0.1) is 0 Å². The maximum absolute atomic E-state index is 13.7. The van der Waals surface area contributed by atoms with Gasteiger partial charge in [0.1, 0.15) is 18.0 Å². The first kappa shape index (κ1) is 22.0. The summed E-state index contributed by atoms with van der Waals surface area (Å²) in [5, 5.41) is 9.73. The van der Waals surface area contributed by atoms with E-state index in [1.54, 1.807) is 11.8 Å². The van der Waals surface area contributed by atoms with E-state index < -0.39 is 48.2 Å². The second kappa shape index (κ2) is 8.35. The van der Waals surface area contributed by atoms with Crippen LogP contribution in [0.15, 0.2) is 12.3 Å². The first-order valence-electron chi connectivity index (χ1n) is 9.71. The van der Waals surface area contributed by atoms with Crippen molar-refractivity contribution in [1.82, 2.24) is 19.9 Å². The molecule has 4 heterocycles. The van der Waals surface area contributed by atoms with Crippen molar-refractivity contribution >= 4 is 23.8 Å². The molecule has 0 radical (unpaired) electrons. The number of aromatic nitrogens is 4. The van der Waals surface area contributed by atoms with Crippen LogP contribution in [0.4, 0.5) is 35.7 Å². The lowest BCUT2D eigenvalue weighted by Gasteiger charge is -2.29. The van der Waals surface area contributed by atoms with Crippen LogP contribution in [0.3, 0.4) is 0 Å². The Balaban J connectivity index is 1.88. The Morgan fingerprint density at radius 1 is 1.25 bits per heavy atom. The van der Waals surface area contributed by atoms with E-state index in [0.29, 0.717) is 26.3 Å². The number of nitrogens with zero attached hydrogens (tertiary/aromatic N) is 6. The average molecular weight is 455 g/mol. The lowest BCUT2D eigenvalue weighted by molar-refractivity contribution is -0.140. The predicted octanol–water partition coefficient (Wildman–Crippen LogP) is 1.08. The first-order valence-corrected chi connectivity index (χ1v) is 9.71. The molecule has 0 spiro atoms. The summed E-state index contributed by atoms with van der Waals surface area (Å²) < 4.78 is 51.5. The molecule has 11 nitrogen and oxygen atoms in total. The molecule has 172 valence electrons. The number of carbonyl (C=O) groups is 1. The molecule has 2 aromatic rings. The Hall–Kier alpha value is -3.26. The summed E-state index contributed by atoms with van der Waals surface area (Å²) >= 11 is 0. The highest BCUT2D eigenvalue weighted by Crippen LogP contribution is 2.37. The zero-order valence-corrected chi connectivity index (χ0v) is 16.9. The van der Waals surface area contributed by atoms with Crippen LogP contribution in [0.5, 0.6) is 0 Å². The fraction of sp³-hybridized carbons (Fsp3) is 0.500. The number of alkyl halides is 3. The number of morpholine rings is 1. The molecule has 14 heteroatoms. The smallest absolute Gasteiger partial charge is 0.434 e. The third-order valence-corrected chi connectivity index (χ3v) is 5.15. The van der Waals surface area contributed by atoms with Gasteiger partial charge >= 0.3 is 12.3 Å². The van der Waals surface area contributed by atoms with E-state index in [-0.39, 0.29) is 17.5 Å². The van der Waals surface area contributed by atoms with Gasteiger partial charge in [-0.1, -0.05) is 0 Å². The molecule has 2 aliphatic rings. The Kier molecular flexibility index (Phi) is 5.73. The third kappa shape index (κ3) is 4.10. The fourth-order valence-corrected chi connectivity index (χ4v) is 3.52. The standard InChI is InChI=1S/C18H20F3N7O4/c1-9-12(8-29)28(17(30)32-9)16-24-11(6-13(25-16)27-2-4-31-5-3-27)10-7-23-15(22)26-14(10)18(19,20)21/h6-7,9,12,29H,2-5,8H2,1H3,(H2,22,23,26)/t9-,12+/m1/s1. The molecule has 2 atom stereocenters. The number of amides is 1. The van der Waals surface area contributed by atoms with Crippen LogP contribution in [-0.2, 0) is 15.7 Å². The number of nitrogen functional groups attached to an aromatic ring is 1. The summed E-state index contributed by atoms with van der Waals surface area (Å²) in [6.07, 6.45) is -5.39. The second-order valence-corrected chi connectivity index (χ2v) is 7.21. The molecular weight excluding hydrogens is 435 g/mol. The minimum atomic E-state index is -4.83. The number of carbonyl (C=O) groups excluding carboxylic acids is 1. The fourth-order valence-electron chi connectivity index (χ4n) is 3.52. The number of rotatable bonds is 4. The van der Waals surface area contributed by atoms with Crippen molar-refractivity contribution in [2.45, 2.75) is 25.2 Å². The van der Waals surface area contributed by atoms with Gasteiger partial charge in [0.2, 0.25) is 11.9 Å². The first-order chi connectivity index (χ1) is 15.2. The summed E-state index contributed by atoms with van der Waals surface area (Å²) in [4.78, 5) is 30.9. The van der Waals surface area contributed by atoms with Gasteiger partial charge in [-0.3, -0.25) is 0 Å². The van der Waals surface area contributed by atoms with Crippen molar-refractivity contribution in [3.05, 3.63) is 18.0 Å². The largest absolute Gasteiger partial charge is 0.444 e. The molecule has 3 N–H and O–H groups in total. The molecule has 32 heavy (non-hydrogen) atoms. The summed E-state index contributed by atoms with van der Waals surface area (Å²) in [5.41, 5.74) is 3.52. The number of aliphatic hydroxyl groups excluding tert-OH is 1. The highest BCUT2D eigenvalue weighted by atomic mass is 19.4. The number of cyclic esters (lactones) is 1. The number of anilines is 3. The zero-order chi connectivity index (χ0) is 23.0. The van der Waals surface area contributed by atoms with Crippen molar-refractivity contribution in [2.75, 3.05) is 48.4 Å². The topological polar surface area (TPSA) is 140 Å². The Morgan fingerprint density at radius 2 is 1.97 bits per heavy atom. The van der Waals surface area contributed by atoms with Crippen LogP contribution in [0.25, 0.3) is 11.3 Å². The quantitative estimate of drug-likeness (QED) is 0.688. The summed E-state index contributed by atoms with van der Waals surface area (Å²) in [6.45, 7) is 2.80.